The molecule has 1 aromatic heterocycles. The fourth-order valence-corrected chi connectivity index (χ4v) is 3.95. The van der Waals surface area contributed by atoms with Crippen LogP contribution in [0.3, 0.4) is 0 Å². The van der Waals surface area contributed by atoms with E-state index < -0.39 is 0 Å². The lowest BCUT2D eigenvalue weighted by atomic mass is 10.1. The van der Waals surface area contributed by atoms with Gasteiger partial charge in [0.05, 0.1) is 16.4 Å². The minimum Gasteiger partial charge on any atom is -0.267 e. The number of benzene rings is 3. The minimum absolute atomic E-state index is 0.304. The smallest absolute Gasteiger partial charge is 0.267 e. The van der Waals surface area contributed by atoms with Crippen molar-refractivity contribution in [3.8, 4) is 0 Å². The molecule has 0 radical (unpaired) electrons. The van der Waals surface area contributed by atoms with Crippen molar-refractivity contribution in [2.75, 3.05) is 5.01 Å². The first-order valence-electron chi connectivity index (χ1n) is 8.76. The molecule has 0 unspecified atom stereocenters. The summed E-state index contributed by atoms with van der Waals surface area (Å²) < 4.78 is 15.2. The number of rotatable bonds is 4. The Morgan fingerprint density at radius 3 is 2.69 bits per heavy atom. The topological polar surface area (TPSA) is 45.6 Å². The number of hydrogen-bond donors (Lipinski definition) is 0. The van der Waals surface area contributed by atoms with E-state index >= 15 is 0 Å². The minimum atomic E-state index is -0.345. The maximum absolute atomic E-state index is 13.6. The number of hydrazone groups is 1. The van der Waals surface area contributed by atoms with Gasteiger partial charge in [-0.1, -0.05) is 57.1 Å². The van der Waals surface area contributed by atoms with Crippen molar-refractivity contribution in [1.82, 2.24) is 4.98 Å². The average molecular weight is 468 g/mol. The number of anilines is 1. The highest BCUT2D eigenvalue weighted by Crippen LogP contribution is 2.30. The number of halogens is 2. The van der Waals surface area contributed by atoms with Crippen molar-refractivity contribution in [1.29, 1.82) is 0 Å². The molecule has 29 heavy (non-hydrogen) atoms. The Morgan fingerprint density at radius 1 is 1.14 bits per heavy atom. The van der Waals surface area contributed by atoms with Crippen molar-refractivity contribution < 1.29 is 9.18 Å². The van der Waals surface area contributed by atoms with E-state index in [1.54, 1.807) is 24.4 Å². The molecule has 0 saturated carbocycles. The summed E-state index contributed by atoms with van der Waals surface area (Å²) in [5, 5.41) is 6.06. The van der Waals surface area contributed by atoms with E-state index in [-0.39, 0.29) is 11.7 Å². The highest BCUT2D eigenvalue weighted by atomic mass is 79.9. The van der Waals surface area contributed by atoms with Gasteiger partial charge in [-0.25, -0.2) is 9.37 Å². The van der Waals surface area contributed by atoms with E-state index in [9.17, 15) is 9.18 Å². The second kappa shape index (κ2) is 8.23. The van der Waals surface area contributed by atoms with Crippen LogP contribution in [0.5, 0.6) is 0 Å². The van der Waals surface area contributed by atoms with Gasteiger partial charge in [0.1, 0.15) is 5.82 Å². The van der Waals surface area contributed by atoms with Crippen molar-refractivity contribution in [2.45, 2.75) is 6.92 Å². The van der Waals surface area contributed by atoms with Crippen LogP contribution in [0.15, 0.2) is 76.3 Å². The van der Waals surface area contributed by atoms with Crippen LogP contribution >= 0.6 is 27.3 Å². The van der Waals surface area contributed by atoms with Crippen LogP contribution < -0.4 is 5.01 Å². The molecule has 4 aromatic rings. The number of fused-ring (bicyclic) bond motifs is 1. The standard InChI is InChI=1S/C22H15BrFN3OS/c1-14-3-2-4-16(11-14)21(28)27(25-13-15-5-7-17(23)8-6-15)22-26-19-10-9-18(24)12-20(19)29-22/h2-13H,1H3/b25-13+. The zero-order valence-corrected chi connectivity index (χ0v) is 17.7. The Labute approximate surface area is 179 Å². The van der Waals surface area contributed by atoms with Gasteiger partial charge in [0.15, 0.2) is 0 Å². The van der Waals surface area contributed by atoms with Gasteiger partial charge in [-0.15, -0.1) is 0 Å². The zero-order chi connectivity index (χ0) is 20.4. The monoisotopic (exact) mass is 467 g/mol. The maximum Gasteiger partial charge on any atom is 0.280 e. The molecule has 3 aromatic carbocycles. The number of thiazole rings is 1. The van der Waals surface area contributed by atoms with E-state index in [1.807, 2.05) is 43.3 Å². The van der Waals surface area contributed by atoms with E-state index in [0.717, 1.165) is 15.6 Å². The number of carbonyl (C=O) groups excluding carboxylic acids is 1. The lowest BCUT2D eigenvalue weighted by molar-refractivity contribution is 0.0987. The van der Waals surface area contributed by atoms with Crippen LogP contribution in [0, 0.1) is 12.7 Å². The van der Waals surface area contributed by atoms with Crippen LogP contribution in [0.1, 0.15) is 21.5 Å². The number of nitrogens with zero attached hydrogens (tertiary/aromatic N) is 3. The molecule has 0 N–H and O–H groups in total. The lowest BCUT2D eigenvalue weighted by Gasteiger charge is -2.14. The fraction of sp³-hybridized carbons (Fsp3) is 0.0455. The molecule has 4 rings (SSSR count). The van der Waals surface area contributed by atoms with Crippen molar-refractivity contribution in [3.63, 3.8) is 0 Å². The van der Waals surface area contributed by atoms with Gasteiger partial charge in [0.25, 0.3) is 5.91 Å². The number of aryl methyl sites for hydroxylation is 1. The van der Waals surface area contributed by atoms with Crippen molar-refractivity contribution in [2.24, 2.45) is 5.10 Å². The third-order valence-electron chi connectivity index (χ3n) is 4.17. The van der Waals surface area contributed by atoms with Crippen molar-refractivity contribution in [3.05, 3.63) is 93.7 Å². The van der Waals surface area contributed by atoms with Crippen LogP contribution in [0.4, 0.5) is 9.52 Å². The summed E-state index contributed by atoms with van der Waals surface area (Å²) >= 11 is 4.62. The summed E-state index contributed by atoms with van der Waals surface area (Å²) in [7, 11) is 0. The summed E-state index contributed by atoms with van der Waals surface area (Å²) in [6.07, 6.45) is 1.60. The molecular formula is C22H15BrFN3OS. The molecule has 0 aliphatic carbocycles. The van der Waals surface area contributed by atoms with Crippen LogP contribution in [-0.2, 0) is 0 Å². The maximum atomic E-state index is 13.6. The SMILES string of the molecule is Cc1cccc(C(=O)N(/N=C/c2ccc(Br)cc2)c2nc3ccc(F)cc3s2)c1. The third kappa shape index (κ3) is 4.41. The molecular weight excluding hydrogens is 453 g/mol. The van der Waals surface area contributed by atoms with Gasteiger partial charge in [-0.3, -0.25) is 4.79 Å². The number of hydrogen-bond acceptors (Lipinski definition) is 4. The summed E-state index contributed by atoms with van der Waals surface area (Å²) in [5.41, 5.74) is 2.93. The van der Waals surface area contributed by atoms with E-state index in [0.29, 0.717) is 20.9 Å². The van der Waals surface area contributed by atoms with Crippen LogP contribution in [-0.4, -0.2) is 17.1 Å². The van der Waals surface area contributed by atoms with E-state index in [1.165, 1.54) is 28.5 Å². The number of aromatic nitrogens is 1. The molecule has 4 nitrogen and oxygen atoms in total. The number of carbonyl (C=O) groups is 1. The molecule has 0 atom stereocenters. The normalized spacial score (nSPS) is 11.3. The van der Waals surface area contributed by atoms with Gasteiger partial charge in [-0.05, 0) is 55.0 Å². The quantitative estimate of drug-likeness (QED) is 0.265. The van der Waals surface area contributed by atoms with Gasteiger partial charge < -0.3 is 0 Å². The van der Waals surface area contributed by atoms with Crippen LogP contribution in [0.25, 0.3) is 10.2 Å². The molecule has 0 aliphatic rings. The first kappa shape index (κ1) is 19.4. The summed E-state index contributed by atoms with van der Waals surface area (Å²) in [6, 6.07) is 19.2. The highest BCUT2D eigenvalue weighted by molar-refractivity contribution is 9.10. The predicted octanol–water partition coefficient (Wildman–Crippen LogP) is 6.19. The van der Waals surface area contributed by atoms with Gasteiger partial charge in [-0.2, -0.15) is 10.1 Å². The first-order valence-corrected chi connectivity index (χ1v) is 10.4. The Kier molecular flexibility index (Phi) is 5.51. The molecule has 1 amide bonds. The third-order valence-corrected chi connectivity index (χ3v) is 5.69. The molecule has 0 bridgehead atoms. The molecule has 0 spiro atoms. The molecule has 144 valence electrons. The van der Waals surface area contributed by atoms with Gasteiger partial charge >= 0.3 is 0 Å². The molecule has 7 heteroatoms. The van der Waals surface area contributed by atoms with E-state index in [2.05, 4.69) is 26.0 Å². The Morgan fingerprint density at radius 2 is 1.93 bits per heavy atom. The van der Waals surface area contributed by atoms with Crippen LogP contribution in [0.2, 0.25) is 0 Å². The second-order valence-corrected chi connectivity index (χ2v) is 8.32. The zero-order valence-electron chi connectivity index (χ0n) is 15.3. The molecule has 0 aliphatic heterocycles. The fourth-order valence-electron chi connectivity index (χ4n) is 2.74. The van der Waals surface area contributed by atoms with Crippen molar-refractivity contribution >= 4 is 54.7 Å². The summed E-state index contributed by atoms with van der Waals surface area (Å²) in [5.74, 6) is -0.649. The van der Waals surface area contributed by atoms with Gasteiger partial charge in [0.2, 0.25) is 5.13 Å². The molecule has 1 heterocycles. The Balaban J connectivity index is 1.76. The number of amides is 1. The molecule has 0 fully saturated rings. The summed E-state index contributed by atoms with van der Waals surface area (Å²) in [6.45, 7) is 1.92. The highest BCUT2D eigenvalue weighted by Gasteiger charge is 2.21. The Hall–Kier alpha value is -2.90. The summed E-state index contributed by atoms with van der Waals surface area (Å²) in [4.78, 5) is 17.7. The predicted molar refractivity (Wildman–Crippen MR) is 119 cm³/mol. The first-order chi connectivity index (χ1) is 14.0. The Bertz CT molecular complexity index is 1220. The largest absolute Gasteiger partial charge is 0.280 e. The van der Waals surface area contributed by atoms with E-state index in [4.69, 9.17) is 0 Å². The molecule has 0 saturated heterocycles. The second-order valence-electron chi connectivity index (χ2n) is 6.39. The van der Waals surface area contributed by atoms with Gasteiger partial charge in [0, 0.05) is 10.0 Å². The average Bonchev–Trinajstić information content (AvgIpc) is 3.12. The lowest BCUT2D eigenvalue weighted by Crippen LogP contribution is -2.25.